The summed E-state index contributed by atoms with van der Waals surface area (Å²) in [5.74, 6) is -0.631. The molecule has 29 heavy (non-hydrogen) atoms. The SMILES string of the molecule is C=C.CC(N)=O.CCCC(C)C(NC(=O)C1CCCC1)c1c(F)ccc(Cl)c1Cl. The summed E-state index contributed by atoms with van der Waals surface area (Å²) in [6.45, 7) is 11.4. The molecule has 0 spiro atoms. The molecule has 1 saturated carbocycles. The summed E-state index contributed by atoms with van der Waals surface area (Å²) in [6.07, 6.45) is 5.81. The van der Waals surface area contributed by atoms with Crippen LogP contribution in [0.2, 0.25) is 10.0 Å². The lowest BCUT2D eigenvalue weighted by molar-refractivity contribution is -0.126. The topological polar surface area (TPSA) is 72.2 Å². The minimum absolute atomic E-state index is 0.00546. The maximum atomic E-state index is 14.4. The van der Waals surface area contributed by atoms with Crippen LogP contribution in [0.4, 0.5) is 4.39 Å². The largest absolute Gasteiger partial charge is 0.370 e. The van der Waals surface area contributed by atoms with Gasteiger partial charge in [-0.05, 0) is 37.3 Å². The van der Waals surface area contributed by atoms with Crippen molar-refractivity contribution < 1.29 is 14.0 Å². The second-order valence-corrected chi connectivity index (χ2v) is 7.89. The van der Waals surface area contributed by atoms with Crippen LogP contribution in [0.5, 0.6) is 0 Å². The molecule has 3 N–H and O–H groups in total. The highest BCUT2D eigenvalue weighted by molar-refractivity contribution is 6.42. The van der Waals surface area contributed by atoms with E-state index >= 15 is 0 Å². The monoisotopic (exact) mass is 446 g/mol. The van der Waals surface area contributed by atoms with Crippen molar-refractivity contribution >= 4 is 35.0 Å². The molecule has 2 atom stereocenters. The summed E-state index contributed by atoms with van der Waals surface area (Å²) in [5, 5.41) is 3.56. The molecule has 2 amide bonds. The fourth-order valence-electron chi connectivity index (χ4n) is 3.41. The van der Waals surface area contributed by atoms with Gasteiger partial charge in [0, 0.05) is 18.4 Å². The summed E-state index contributed by atoms with van der Waals surface area (Å²) in [5.41, 5.74) is 4.78. The zero-order chi connectivity index (χ0) is 22.6. The van der Waals surface area contributed by atoms with E-state index in [-0.39, 0.29) is 28.7 Å². The Kier molecular flexibility index (Phi) is 13.6. The Labute approximate surface area is 184 Å². The van der Waals surface area contributed by atoms with E-state index in [4.69, 9.17) is 23.2 Å². The third kappa shape index (κ3) is 9.18. The second kappa shape index (κ2) is 14.4. The zero-order valence-corrected chi connectivity index (χ0v) is 19.1. The van der Waals surface area contributed by atoms with Crippen LogP contribution in [0, 0.1) is 17.7 Å². The van der Waals surface area contributed by atoms with Crippen LogP contribution in [0.25, 0.3) is 0 Å². The number of hydrogen-bond donors (Lipinski definition) is 2. The number of halogens is 3. The Morgan fingerprint density at radius 3 is 2.28 bits per heavy atom. The van der Waals surface area contributed by atoms with Gasteiger partial charge in [0.05, 0.1) is 16.1 Å². The van der Waals surface area contributed by atoms with Gasteiger partial charge in [0.1, 0.15) is 5.82 Å². The number of hydrogen-bond acceptors (Lipinski definition) is 2. The Bertz CT molecular complexity index is 660. The molecule has 0 bridgehead atoms. The number of benzene rings is 1. The van der Waals surface area contributed by atoms with E-state index < -0.39 is 11.9 Å². The molecule has 2 unspecified atom stereocenters. The highest BCUT2D eigenvalue weighted by Crippen LogP contribution is 2.37. The lowest BCUT2D eigenvalue weighted by Gasteiger charge is -2.28. The minimum Gasteiger partial charge on any atom is -0.370 e. The van der Waals surface area contributed by atoms with Gasteiger partial charge in [0.25, 0.3) is 0 Å². The molecule has 2 rings (SSSR count). The van der Waals surface area contributed by atoms with Gasteiger partial charge in [-0.3, -0.25) is 9.59 Å². The average Bonchev–Trinajstić information content (AvgIpc) is 3.20. The van der Waals surface area contributed by atoms with E-state index in [1.165, 1.54) is 19.1 Å². The number of carbonyl (C=O) groups excluding carboxylic acids is 2. The van der Waals surface area contributed by atoms with E-state index in [1.54, 1.807) is 0 Å². The molecule has 0 aliphatic heterocycles. The Balaban J connectivity index is 0.00000116. The van der Waals surface area contributed by atoms with Gasteiger partial charge in [-0.1, -0.05) is 56.3 Å². The first-order chi connectivity index (χ1) is 13.7. The molecule has 1 aromatic carbocycles. The molecular formula is C22H33Cl2FN2O2. The fraction of sp³-hybridized carbons (Fsp3) is 0.545. The molecule has 0 heterocycles. The van der Waals surface area contributed by atoms with Crippen molar-refractivity contribution in [3.63, 3.8) is 0 Å². The smallest absolute Gasteiger partial charge is 0.223 e. The lowest BCUT2D eigenvalue weighted by atomic mass is 9.89. The van der Waals surface area contributed by atoms with Gasteiger partial charge >= 0.3 is 0 Å². The zero-order valence-electron chi connectivity index (χ0n) is 17.6. The maximum Gasteiger partial charge on any atom is 0.223 e. The molecule has 0 radical (unpaired) electrons. The first-order valence-corrected chi connectivity index (χ1v) is 10.6. The average molecular weight is 447 g/mol. The highest BCUT2D eigenvalue weighted by Gasteiger charge is 2.30. The number of rotatable bonds is 6. The van der Waals surface area contributed by atoms with Crippen LogP contribution in [0.1, 0.15) is 70.9 Å². The number of nitrogens with two attached hydrogens (primary N) is 1. The predicted molar refractivity (Wildman–Crippen MR) is 119 cm³/mol. The Morgan fingerprint density at radius 2 is 1.79 bits per heavy atom. The van der Waals surface area contributed by atoms with E-state index in [0.29, 0.717) is 10.6 Å². The molecule has 1 fully saturated rings. The third-order valence-electron chi connectivity index (χ3n) is 4.73. The molecule has 0 aromatic heterocycles. The summed E-state index contributed by atoms with van der Waals surface area (Å²) in [6, 6.07) is 2.31. The van der Waals surface area contributed by atoms with Gasteiger partial charge < -0.3 is 11.1 Å². The van der Waals surface area contributed by atoms with Crippen molar-refractivity contribution in [1.29, 1.82) is 0 Å². The van der Waals surface area contributed by atoms with Crippen LogP contribution in [-0.2, 0) is 9.59 Å². The van der Waals surface area contributed by atoms with Crippen LogP contribution < -0.4 is 11.1 Å². The molecule has 0 saturated heterocycles. The summed E-state index contributed by atoms with van der Waals surface area (Å²) in [4.78, 5) is 21.8. The lowest BCUT2D eigenvalue weighted by Crippen LogP contribution is -2.36. The van der Waals surface area contributed by atoms with E-state index in [9.17, 15) is 14.0 Å². The number of amides is 2. The number of nitrogens with one attached hydrogen (secondary N) is 1. The van der Waals surface area contributed by atoms with E-state index in [2.05, 4.69) is 31.1 Å². The van der Waals surface area contributed by atoms with Crippen molar-refractivity contribution in [1.82, 2.24) is 5.32 Å². The molecule has 4 nitrogen and oxygen atoms in total. The summed E-state index contributed by atoms with van der Waals surface area (Å²) >= 11 is 12.3. The first-order valence-electron chi connectivity index (χ1n) is 9.88. The highest BCUT2D eigenvalue weighted by atomic mass is 35.5. The molecule has 1 aromatic rings. The van der Waals surface area contributed by atoms with Crippen molar-refractivity contribution in [2.45, 2.75) is 65.3 Å². The van der Waals surface area contributed by atoms with Gasteiger partial charge in [-0.25, -0.2) is 4.39 Å². The van der Waals surface area contributed by atoms with Crippen molar-refractivity contribution in [2.24, 2.45) is 17.6 Å². The van der Waals surface area contributed by atoms with Crippen LogP contribution in [-0.4, -0.2) is 11.8 Å². The van der Waals surface area contributed by atoms with Gasteiger partial charge in [0.15, 0.2) is 0 Å². The Hall–Kier alpha value is -1.59. The number of carbonyl (C=O) groups is 2. The predicted octanol–water partition coefficient (Wildman–Crippen LogP) is 6.21. The summed E-state index contributed by atoms with van der Waals surface area (Å²) in [7, 11) is 0. The Morgan fingerprint density at radius 1 is 1.28 bits per heavy atom. The number of primary amides is 1. The van der Waals surface area contributed by atoms with Crippen LogP contribution >= 0.6 is 23.2 Å². The standard InChI is InChI=1S/C18H24Cl2FNO.C2H5NO.C2H4/c1-3-6-11(2)17(22-18(23)12-7-4-5-8-12)15-14(21)10-9-13(19)16(15)20;1-2(3)4;1-2/h9-12,17H,3-8H2,1-2H3,(H,22,23);1H3,(H2,3,4);1-2H2. The van der Waals surface area contributed by atoms with Gasteiger partial charge in [-0.2, -0.15) is 0 Å². The molecule has 164 valence electrons. The second-order valence-electron chi connectivity index (χ2n) is 7.10. The van der Waals surface area contributed by atoms with Crippen molar-refractivity contribution in [3.05, 3.63) is 46.7 Å². The van der Waals surface area contributed by atoms with E-state index in [1.807, 2.05) is 6.92 Å². The first kappa shape index (κ1) is 27.4. The maximum absolute atomic E-state index is 14.4. The summed E-state index contributed by atoms with van der Waals surface area (Å²) < 4.78 is 14.4. The fourth-order valence-corrected chi connectivity index (χ4v) is 3.84. The molecule has 1 aliphatic rings. The normalized spacial score (nSPS) is 15.2. The van der Waals surface area contributed by atoms with Crippen LogP contribution in [0.15, 0.2) is 25.3 Å². The van der Waals surface area contributed by atoms with Crippen LogP contribution in [0.3, 0.4) is 0 Å². The third-order valence-corrected chi connectivity index (χ3v) is 5.55. The van der Waals surface area contributed by atoms with Gasteiger partial charge in [0.2, 0.25) is 11.8 Å². The quantitative estimate of drug-likeness (QED) is 0.402. The van der Waals surface area contributed by atoms with Crippen molar-refractivity contribution in [3.8, 4) is 0 Å². The van der Waals surface area contributed by atoms with E-state index in [0.717, 1.165) is 38.5 Å². The van der Waals surface area contributed by atoms with Gasteiger partial charge in [-0.15, -0.1) is 13.2 Å². The molecule has 7 heteroatoms. The van der Waals surface area contributed by atoms with Crippen molar-refractivity contribution in [2.75, 3.05) is 0 Å². The molecular weight excluding hydrogens is 414 g/mol. The molecule has 1 aliphatic carbocycles. The minimum atomic E-state index is -0.450.